The molecule has 188 valence electrons. The maximum absolute atomic E-state index is 13.4. The number of carbonyl (C=O) groups excluding carboxylic acids is 1. The second-order valence-corrected chi connectivity index (χ2v) is 10.4. The predicted octanol–water partition coefficient (Wildman–Crippen LogP) is 5.12. The third-order valence-corrected chi connectivity index (χ3v) is 8.07. The number of benzene rings is 3. The summed E-state index contributed by atoms with van der Waals surface area (Å²) in [6.45, 7) is 1.37. The van der Waals surface area contributed by atoms with Gasteiger partial charge in [-0.2, -0.15) is 4.98 Å². The fourth-order valence-electron chi connectivity index (χ4n) is 6.15. The number of ether oxygens (including phenoxy) is 1. The fraction of sp³-hybridized carbons (Fsp3) is 0.323. The summed E-state index contributed by atoms with van der Waals surface area (Å²) in [4.78, 5) is 33.0. The van der Waals surface area contributed by atoms with Crippen molar-refractivity contribution in [1.82, 2.24) is 14.5 Å². The Kier molecular flexibility index (Phi) is 6.03. The number of likely N-dealkylation sites (N-methyl/N-ethyl adjacent to an activating group) is 1. The second-order valence-electron chi connectivity index (χ2n) is 10.4. The lowest BCUT2D eigenvalue weighted by molar-refractivity contribution is 0.0734. The molecule has 6 nitrogen and oxygen atoms in total. The number of carbonyl (C=O) groups is 1. The Morgan fingerprint density at radius 2 is 1.62 bits per heavy atom. The average Bonchev–Trinajstić information content (AvgIpc) is 3.40. The molecule has 1 aliphatic heterocycles. The van der Waals surface area contributed by atoms with Gasteiger partial charge >= 0.3 is 5.56 Å². The Morgan fingerprint density at radius 3 is 2.43 bits per heavy atom. The molecule has 2 heterocycles. The molecule has 0 atom stereocenters. The maximum atomic E-state index is 13.4. The van der Waals surface area contributed by atoms with Crippen molar-refractivity contribution in [2.24, 2.45) is 0 Å². The molecule has 2 aliphatic rings. The van der Waals surface area contributed by atoms with Gasteiger partial charge in [-0.05, 0) is 34.7 Å². The van der Waals surface area contributed by atoms with Crippen LogP contribution in [-0.4, -0.2) is 34.0 Å². The quantitative estimate of drug-likeness (QED) is 0.374. The number of hydrogen-bond acceptors (Lipinski definition) is 4. The van der Waals surface area contributed by atoms with Gasteiger partial charge in [0.25, 0.3) is 5.91 Å². The zero-order valence-electron chi connectivity index (χ0n) is 21.2. The minimum atomic E-state index is -0.466. The van der Waals surface area contributed by atoms with Crippen molar-refractivity contribution < 1.29 is 9.53 Å². The molecular formula is C31H31N3O3. The Morgan fingerprint density at radius 1 is 0.892 bits per heavy atom. The minimum Gasteiger partial charge on any atom is -0.481 e. The number of amides is 1. The Hall–Kier alpha value is -3.93. The van der Waals surface area contributed by atoms with Crippen molar-refractivity contribution in [3.63, 3.8) is 0 Å². The number of hydrogen-bond donors (Lipinski definition) is 0. The van der Waals surface area contributed by atoms with Crippen molar-refractivity contribution in [3.05, 3.63) is 106 Å². The van der Waals surface area contributed by atoms with Gasteiger partial charge in [0.2, 0.25) is 5.75 Å². The van der Waals surface area contributed by atoms with E-state index in [4.69, 9.17) is 4.74 Å². The number of nitrogens with zero attached hydrogens (tertiary/aromatic N) is 3. The van der Waals surface area contributed by atoms with Gasteiger partial charge in [0, 0.05) is 32.0 Å². The lowest BCUT2D eigenvalue weighted by Gasteiger charge is -2.34. The van der Waals surface area contributed by atoms with Crippen LogP contribution in [0.15, 0.2) is 77.6 Å². The van der Waals surface area contributed by atoms with Gasteiger partial charge < -0.3 is 14.2 Å². The second kappa shape index (κ2) is 9.51. The van der Waals surface area contributed by atoms with Gasteiger partial charge in [0.15, 0.2) is 5.69 Å². The standard InChI is InChI=1S/C31H31N3O3/c1-33-18-19-34-26(32-29(35)28(27(34)30(33)36)37-21-22-10-3-2-4-11-22)20-31(16-7-8-17-31)25-15-9-13-23-12-5-6-14-24(23)25/h2-6,9-15H,7-8,16-21H2,1H3. The van der Waals surface area contributed by atoms with Gasteiger partial charge in [-0.25, -0.2) is 0 Å². The molecular weight excluding hydrogens is 462 g/mol. The van der Waals surface area contributed by atoms with E-state index in [1.807, 2.05) is 34.9 Å². The van der Waals surface area contributed by atoms with Crippen LogP contribution < -0.4 is 10.3 Å². The first-order chi connectivity index (χ1) is 18.1. The molecule has 1 aromatic heterocycles. The molecule has 0 spiro atoms. The fourth-order valence-corrected chi connectivity index (χ4v) is 6.15. The summed E-state index contributed by atoms with van der Waals surface area (Å²) in [7, 11) is 1.77. The molecule has 0 bridgehead atoms. The lowest BCUT2D eigenvalue weighted by atomic mass is 9.74. The topological polar surface area (TPSA) is 64.4 Å². The molecule has 37 heavy (non-hydrogen) atoms. The third kappa shape index (κ3) is 4.20. The maximum Gasteiger partial charge on any atom is 0.316 e. The molecule has 1 aliphatic carbocycles. The highest BCUT2D eigenvalue weighted by atomic mass is 16.5. The van der Waals surface area contributed by atoms with Crippen LogP contribution in [-0.2, 0) is 25.0 Å². The first kappa shape index (κ1) is 23.5. The van der Waals surface area contributed by atoms with Gasteiger partial charge in [0.05, 0.1) is 0 Å². The van der Waals surface area contributed by atoms with Crippen molar-refractivity contribution in [2.75, 3.05) is 13.6 Å². The highest BCUT2D eigenvalue weighted by molar-refractivity contribution is 5.95. The van der Waals surface area contributed by atoms with E-state index in [1.54, 1.807) is 11.9 Å². The van der Waals surface area contributed by atoms with Crippen LogP contribution in [0.2, 0.25) is 0 Å². The average molecular weight is 494 g/mol. The van der Waals surface area contributed by atoms with Gasteiger partial charge in [-0.15, -0.1) is 0 Å². The van der Waals surface area contributed by atoms with Crippen LogP contribution >= 0.6 is 0 Å². The van der Waals surface area contributed by atoms with E-state index in [1.165, 1.54) is 16.3 Å². The molecule has 4 aromatic rings. The van der Waals surface area contributed by atoms with Crippen LogP contribution in [0.25, 0.3) is 10.8 Å². The van der Waals surface area contributed by atoms with Crippen LogP contribution in [0.1, 0.15) is 53.1 Å². The summed E-state index contributed by atoms with van der Waals surface area (Å²) >= 11 is 0. The summed E-state index contributed by atoms with van der Waals surface area (Å²) in [6, 6.07) is 24.7. The van der Waals surface area contributed by atoms with E-state index in [-0.39, 0.29) is 23.7 Å². The van der Waals surface area contributed by atoms with Crippen LogP contribution in [0, 0.1) is 0 Å². The van der Waals surface area contributed by atoms with E-state index in [9.17, 15) is 9.59 Å². The van der Waals surface area contributed by atoms with Crippen LogP contribution in [0.5, 0.6) is 5.75 Å². The van der Waals surface area contributed by atoms with Crippen molar-refractivity contribution in [1.29, 1.82) is 0 Å². The van der Waals surface area contributed by atoms with Crippen LogP contribution in [0.3, 0.4) is 0 Å². The van der Waals surface area contributed by atoms with E-state index < -0.39 is 5.56 Å². The van der Waals surface area contributed by atoms with Gasteiger partial charge in [-0.3, -0.25) is 9.59 Å². The molecule has 1 amide bonds. The smallest absolute Gasteiger partial charge is 0.316 e. The summed E-state index contributed by atoms with van der Waals surface area (Å²) in [5.41, 5.74) is 1.98. The molecule has 6 heteroatoms. The monoisotopic (exact) mass is 493 g/mol. The summed E-state index contributed by atoms with van der Waals surface area (Å²) < 4.78 is 7.94. The first-order valence-electron chi connectivity index (χ1n) is 13.1. The molecule has 6 rings (SSSR count). The van der Waals surface area contributed by atoms with Crippen molar-refractivity contribution in [3.8, 4) is 5.75 Å². The first-order valence-corrected chi connectivity index (χ1v) is 13.1. The Labute approximate surface area is 216 Å². The SMILES string of the molecule is CN1CCn2c(CC3(c4cccc5ccccc45)CCCC3)nc(=O)c(OCc3ccccc3)c2C1=O. The van der Waals surface area contributed by atoms with Gasteiger partial charge in [0.1, 0.15) is 12.4 Å². The lowest BCUT2D eigenvalue weighted by Crippen LogP contribution is -2.42. The van der Waals surface area contributed by atoms with Crippen molar-refractivity contribution in [2.45, 2.75) is 50.7 Å². The van der Waals surface area contributed by atoms with E-state index >= 15 is 0 Å². The zero-order valence-corrected chi connectivity index (χ0v) is 21.2. The Bertz CT molecular complexity index is 1520. The highest BCUT2D eigenvalue weighted by Gasteiger charge is 2.40. The van der Waals surface area contributed by atoms with E-state index in [2.05, 4.69) is 47.4 Å². The molecule has 0 unspecified atom stereocenters. The molecule has 0 saturated heterocycles. The van der Waals surface area contributed by atoms with Crippen molar-refractivity contribution >= 4 is 16.7 Å². The minimum absolute atomic E-state index is 0.0507. The third-order valence-electron chi connectivity index (χ3n) is 8.07. The summed E-state index contributed by atoms with van der Waals surface area (Å²) in [6.07, 6.45) is 4.97. The molecule has 0 radical (unpaired) electrons. The summed E-state index contributed by atoms with van der Waals surface area (Å²) in [5.74, 6) is 0.541. The van der Waals surface area contributed by atoms with E-state index in [0.717, 1.165) is 31.2 Å². The van der Waals surface area contributed by atoms with Gasteiger partial charge in [-0.1, -0.05) is 85.6 Å². The number of aromatic nitrogens is 2. The number of rotatable bonds is 6. The number of fused-ring (bicyclic) bond motifs is 2. The highest BCUT2D eigenvalue weighted by Crippen LogP contribution is 2.46. The van der Waals surface area contributed by atoms with E-state index in [0.29, 0.717) is 31.0 Å². The Balaban J connectivity index is 1.45. The molecule has 1 saturated carbocycles. The largest absolute Gasteiger partial charge is 0.481 e. The summed E-state index contributed by atoms with van der Waals surface area (Å²) in [5, 5.41) is 2.48. The normalized spacial score (nSPS) is 16.7. The molecule has 1 fully saturated rings. The predicted molar refractivity (Wildman–Crippen MR) is 144 cm³/mol. The zero-order chi connectivity index (χ0) is 25.4. The van der Waals surface area contributed by atoms with Crippen LogP contribution in [0.4, 0.5) is 0 Å². The molecule has 3 aromatic carbocycles. The molecule has 0 N–H and O–H groups in total.